The number of carbonyl (C=O) groups excluding carboxylic acids is 3. The molecular weight excluding hydrogens is 444 g/mol. The largest absolute Gasteiger partial charge is 0.364 e. The first-order valence-corrected chi connectivity index (χ1v) is 11.8. The molecule has 3 rings (SSSR count). The molecule has 35 heavy (non-hydrogen) atoms. The molecule has 0 radical (unpaired) electrons. The van der Waals surface area contributed by atoms with Gasteiger partial charge in [-0.2, -0.15) is 0 Å². The van der Waals surface area contributed by atoms with E-state index in [-0.39, 0.29) is 11.6 Å². The van der Waals surface area contributed by atoms with Crippen LogP contribution >= 0.6 is 0 Å². The zero-order chi connectivity index (χ0) is 25.5. The lowest BCUT2D eigenvalue weighted by Crippen LogP contribution is -2.46. The van der Waals surface area contributed by atoms with Gasteiger partial charge in [0.25, 0.3) is 11.8 Å². The Morgan fingerprint density at radius 2 is 2.00 bits per heavy atom. The first-order valence-electron chi connectivity index (χ1n) is 11.8. The number of primary amides is 1. The molecule has 0 saturated heterocycles. The third-order valence-electron chi connectivity index (χ3n) is 5.95. The number of aryl methyl sites for hydroxylation is 1. The van der Waals surface area contributed by atoms with Crippen molar-refractivity contribution in [2.24, 2.45) is 5.73 Å². The summed E-state index contributed by atoms with van der Waals surface area (Å²) in [6.45, 7) is 5.63. The topological polar surface area (TPSA) is 130 Å². The summed E-state index contributed by atoms with van der Waals surface area (Å²) in [5.41, 5.74) is 9.19. The lowest BCUT2D eigenvalue weighted by atomic mass is 10.1. The van der Waals surface area contributed by atoms with Crippen molar-refractivity contribution in [3.05, 3.63) is 46.9 Å². The number of benzene rings is 1. The number of anilines is 2. The maximum atomic E-state index is 12.4. The van der Waals surface area contributed by atoms with E-state index in [1.807, 2.05) is 31.2 Å². The third-order valence-corrected chi connectivity index (χ3v) is 5.95. The van der Waals surface area contributed by atoms with Gasteiger partial charge in [-0.05, 0) is 63.1 Å². The van der Waals surface area contributed by atoms with Crippen LogP contribution < -0.4 is 16.4 Å². The van der Waals surface area contributed by atoms with E-state index in [2.05, 4.69) is 27.5 Å². The molecule has 9 nitrogen and oxygen atoms in total. The zero-order valence-electron chi connectivity index (χ0n) is 20.6. The molecule has 0 unspecified atom stereocenters. The van der Waals surface area contributed by atoms with Crippen LogP contribution in [0.1, 0.15) is 67.0 Å². The van der Waals surface area contributed by atoms with Crippen LogP contribution in [-0.4, -0.2) is 52.2 Å². The van der Waals surface area contributed by atoms with E-state index < -0.39 is 17.9 Å². The molecule has 0 bridgehead atoms. The summed E-state index contributed by atoms with van der Waals surface area (Å²) in [5, 5.41) is 6.06. The molecule has 0 spiro atoms. The third kappa shape index (κ3) is 6.57. The van der Waals surface area contributed by atoms with Crippen LogP contribution in [0.25, 0.3) is 0 Å². The Morgan fingerprint density at radius 3 is 2.63 bits per heavy atom. The average molecular weight is 477 g/mol. The smallest absolute Gasteiger partial charge is 0.298 e. The molecule has 1 aromatic heterocycles. The molecule has 1 heterocycles. The molecule has 1 aliphatic carbocycles. The van der Waals surface area contributed by atoms with Gasteiger partial charge in [0.1, 0.15) is 6.04 Å². The number of rotatable bonds is 10. The van der Waals surface area contributed by atoms with E-state index in [4.69, 9.17) is 10.7 Å². The Bertz CT molecular complexity index is 1180. The van der Waals surface area contributed by atoms with Crippen LogP contribution in [0.4, 0.5) is 11.5 Å². The van der Waals surface area contributed by atoms with Crippen LogP contribution in [-0.2, 0) is 22.4 Å². The lowest BCUT2D eigenvalue weighted by molar-refractivity contribution is -0.134. The maximum Gasteiger partial charge on any atom is 0.298 e. The summed E-state index contributed by atoms with van der Waals surface area (Å²) < 4.78 is 0. The number of likely N-dealkylation sites (N-methyl/N-ethyl adjacent to an activating group) is 1. The standard InChI is InChI=1S/C26H32N6O3/c1-5-8-21(33)32(4)16(3)26(35)28-14-13-17-9-7-10-19(15-17)29-25-23(24(27)34)30-20(6-2)22(31-25)18-11-12-18/h7,9-10,15-16,18H,6,11-14H2,1-4H3,(H2,27,34)(H,28,35)(H,29,31)/t16-/m0/s1. The Labute approximate surface area is 205 Å². The molecule has 0 aliphatic heterocycles. The van der Waals surface area contributed by atoms with Crippen molar-refractivity contribution in [3.63, 3.8) is 0 Å². The number of nitrogens with one attached hydrogen (secondary N) is 2. The number of aromatic nitrogens is 2. The Hall–Kier alpha value is -3.93. The number of nitrogens with two attached hydrogens (primary N) is 1. The second-order valence-corrected chi connectivity index (χ2v) is 8.58. The fourth-order valence-corrected chi connectivity index (χ4v) is 3.65. The van der Waals surface area contributed by atoms with Crippen molar-refractivity contribution in [3.8, 4) is 11.8 Å². The van der Waals surface area contributed by atoms with Gasteiger partial charge in [-0.3, -0.25) is 14.4 Å². The van der Waals surface area contributed by atoms with Crippen LogP contribution in [0.5, 0.6) is 0 Å². The monoisotopic (exact) mass is 476 g/mol. The second kappa shape index (κ2) is 11.5. The molecule has 184 valence electrons. The van der Waals surface area contributed by atoms with Gasteiger partial charge in [0.05, 0.1) is 11.4 Å². The first kappa shape index (κ1) is 25.7. The molecular formula is C26H32N6O3. The molecule has 1 fully saturated rings. The summed E-state index contributed by atoms with van der Waals surface area (Å²) in [5.74, 6) is 4.45. The van der Waals surface area contributed by atoms with Gasteiger partial charge in [0.2, 0.25) is 5.91 Å². The van der Waals surface area contributed by atoms with Crippen molar-refractivity contribution >= 4 is 29.2 Å². The van der Waals surface area contributed by atoms with Crippen LogP contribution in [0, 0.1) is 11.8 Å². The minimum Gasteiger partial charge on any atom is -0.364 e. The Kier molecular flexibility index (Phi) is 8.42. The minimum absolute atomic E-state index is 0.129. The summed E-state index contributed by atoms with van der Waals surface area (Å²) in [6.07, 6.45) is 3.42. The summed E-state index contributed by atoms with van der Waals surface area (Å²) in [4.78, 5) is 46.9. The Morgan fingerprint density at radius 1 is 1.26 bits per heavy atom. The van der Waals surface area contributed by atoms with E-state index in [0.29, 0.717) is 31.1 Å². The van der Waals surface area contributed by atoms with E-state index in [1.165, 1.54) is 4.90 Å². The van der Waals surface area contributed by atoms with Crippen LogP contribution in [0.15, 0.2) is 24.3 Å². The van der Waals surface area contributed by atoms with Crippen LogP contribution in [0.3, 0.4) is 0 Å². The first-order chi connectivity index (χ1) is 16.7. The maximum absolute atomic E-state index is 12.4. The van der Waals surface area contributed by atoms with E-state index in [0.717, 1.165) is 35.5 Å². The molecule has 3 amide bonds. The SMILES string of the molecule is CC#CC(=O)N(C)[C@@H](C)C(=O)NCCc1cccc(Nc2nc(C3CC3)c(CC)nc2C(N)=O)c1. The van der Waals surface area contributed by atoms with Gasteiger partial charge in [0, 0.05) is 25.2 Å². The summed E-state index contributed by atoms with van der Waals surface area (Å²) in [6, 6.07) is 7.01. The fraction of sp³-hybridized carbons (Fsp3) is 0.423. The lowest BCUT2D eigenvalue weighted by Gasteiger charge is -2.22. The number of hydrogen-bond acceptors (Lipinski definition) is 6. The highest BCUT2D eigenvalue weighted by Crippen LogP contribution is 2.41. The van der Waals surface area contributed by atoms with Gasteiger partial charge in [-0.1, -0.05) is 25.0 Å². The molecule has 1 aliphatic rings. The second-order valence-electron chi connectivity index (χ2n) is 8.58. The van der Waals surface area contributed by atoms with Gasteiger partial charge < -0.3 is 21.3 Å². The molecule has 2 aromatic rings. The molecule has 1 saturated carbocycles. The molecule has 4 N–H and O–H groups in total. The highest BCUT2D eigenvalue weighted by molar-refractivity contribution is 5.97. The molecule has 1 aromatic carbocycles. The van der Waals surface area contributed by atoms with Crippen molar-refractivity contribution < 1.29 is 14.4 Å². The number of nitrogens with zero attached hydrogens (tertiary/aromatic N) is 3. The van der Waals surface area contributed by atoms with Crippen molar-refractivity contribution in [2.45, 2.75) is 58.4 Å². The highest BCUT2D eigenvalue weighted by atomic mass is 16.2. The summed E-state index contributed by atoms with van der Waals surface area (Å²) in [7, 11) is 1.55. The zero-order valence-corrected chi connectivity index (χ0v) is 20.6. The highest BCUT2D eigenvalue weighted by Gasteiger charge is 2.30. The predicted octanol–water partition coefficient (Wildman–Crippen LogP) is 2.29. The van der Waals surface area contributed by atoms with E-state index in [9.17, 15) is 14.4 Å². The van der Waals surface area contributed by atoms with Crippen LogP contribution in [0.2, 0.25) is 0 Å². The minimum atomic E-state index is -0.631. The van der Waals surface area contributed by atoms with Gasteiger partial charge in [-0.15, -0.1) is 0 Å². The quantitative estimate of drug-likeness (QED) is 0.451. The number of carbonyl (C=O) groups is 3. The van der Waals surface area contributed by atoms with Gasteiger partial charge in [0.15, 0.2) is 11.5 Å². The number of amides is 3. The normalized spacial score (nSPS) is 13.3. The van der Waals surface area contributed by atoms with Crippen molar-refractivity contribution in [1.29, 1.82) is 0 Å². The summed E-state index contributed by atoms with van der Waals surface area (Å²) >= 11 is 0. The number of hydrogen-bond donors (Lipinski definition) is 3. The van der Waals surface area contributed by atoms with Crippen molar-refractivity contribution in [1.82, 2.24) is 20.2 Å². The van der Waals surface area contributed by atoms with E-state index in [1.54, 1.807) is 20.9 Å². The average Bonchev–Trinajstić information content (AvgIpc) is 3.68. The predicted molar refractivity (Wildman–Crippen MR) is 134 cm³/mol. The van der Waals surface area contributed by atoms with Gasteiger partial charge in [-0.25, -0.2) is 9.97 Å². The molecule has 1 atom stereocenters. The Balaban J connectivity index is 1.66. The van der Waals surface area contributed by atoms with Crippen molar-refractivity contribution in [2.75, 3.05) is 18.9 Å². The molecule has 9 heteroatoms. The van der Waals surface area contributed by atoms with E-state index >= 15 is 0 Å². The van der Waals surface area contributed by atoms with Gasteiger partial charge >= 0.3 is 0 Å². The fourth-order valence-electron chi connectivity index (χ4n) is 3.65.